The Kier molecular flexibility index (Phi) is 20.9. The fraction of sp³-hybridized carbons (Fsp3) is 0.917. The molecule has 2 aliphatic carbocycles. The van der Waals surface area contributed by atoms with Gasteiger partial charge in [-0.2, -0.15) is 0 Å². The third kappa shape index (κ3) is 18.8. The molecule has 0 unspecified atom stereocenters. The number of rotatable bonds is 29. The summed E-state index contributed by atoms with van der Waals surface area (Å²) in [7, 11) is 0. The van der Waals surface area contributed by atoms with E-state index in [1.807, 2.05) is 0 Å². The number of nitrogens with one attached hydrogen (secondary N) is 2. The van der Waals surface area contributed by atoms with E-state index in [4.69, 9.17) is 9.47 Å². The minimum Gasteiger partial charge on any atom is -0.379 e. The molecular formula is C36H66N2O5. The molecular weight excluding hydrogens is 540 g/mol. The molecule has 0 aliphatic heterocycles. The summed E-state index contributed by atoms with van der Waals surface area (Å²) in [5.74, 6) is 0.373. The normalized spacial score (nSPS) is 20.9. The minimum absolute atomic E-state index is 0.0376. The van der Waals surface area contributed by atoms with E-state index in [0.717, 1.165) is 32.1 Å². The van der Waals surface area contributed by atoms with E-state index in [9.17, 15) is 14.4 Å². The third-order valence-electron chi connectivity index (χ3n) is 9.40. The zero-order valence-electron chi connectivity index (χ0n) is 28.0. The standard InChI is InChI=1S/C36H66N2O5/c1-3-4-5-6-7-8-9-10-11-12-13-14-15-16-17-18-19-20-34(40)37-32-27-36(28-32)29-33(30-36)38-35(41)22-24-43-26-25-42-23-21-31(2)39/h32-33H,3-30H2,1-2H3,(H,37,40)(H,38,41). The van der Waals surface area contributed by atoms with Gasteiger partial charge in [-0.15, -0.1) is 0 Å². The molecule has 0 aromatic heterocycles. The van der Waals surface area contributed by atoms with E-state index in [-0.39, 0.29) is 23.6 Å². The van der Waals surface area contributed by atoms with Crippen LogP contribution < -0.4 is 10.6 Å². The van der Waals surface area contributed by atoms with Crippen LogP contribution in [0.4, 0.5) is 0 Å². The van der Waals surface area contributed by atoms with Gasteiger partial charge in [0.2, 0.25) is 11.8 Å². The quantitative estimate of drug-likeness (QED) is 0.0842. The molecule has 2 fully saturated rings. The number of amides is 2. The maximum absolute atomic E-state index is 12.4. The first-order valence-corrected chi connectivity index (χ1v) is 18.2. The van der Waals surface area contributed by atoms with Gasteiger partial charge in [-0.3, -0.25) is 14.4 Å². The lowest BCUT2D eigenvalue weighted by Gasteiger charge is -2.57. The lowest BCUT2D eigenvalue weighted by Crippen LogP contribution is -2.61. The number of ketones is 1. The molecule has 0 radical (unpaired) electrons. The maximum atomic E-state index is 12.4. The van der Waals surface area contributed by atoms with Gasteiger partial charge in [-0.05, 0) is 44.4 Å². The van der Waals surface area contributed by atoms with Crippen LogP contribution in [0.3, 0.4) is 0 Å². The second-order valence-corrected chi connectivity index (χ2v) is 13.7. The molecule has 7 nitrogen and oxygen atoms in total. The summed E-state index contributed by atoms with van der Waals surface area (Å²) in [5, 5.41) is 6.36. The van der Waals surface area contributed by atoms with Crippen LogP contribution in [0.15, 0.2) is 0 Å². The van der Waals surface area contributed by atoms with Crippen molar-refractivity contribution < 1.29 is 23.9 Å². The number of ether oxygens (including phenoxy) is 2. The molecule has 0 saturated heterocycles. The van der Waals surface area contributed by atoms with E-state index in [1.54, 1.807) is 6.92 Å². The van der Waals surface area contributed by atoms with Gasteiger partial charge in [0.15, 0.2) is 0 Å². The van der Waals surface area contributed by atoms with Crippen molar-refractivity contribution in [3.8, 4) is 0 Å². The van der Waals surface area contributed by atoms with Crippen LogP contribution in [0.5, 0.6) is 0 Å². The Morgan fingerprint density at radius 1 is 0.535 bits per heavy atom. The average molecular weight is 607 g/mol. The van der Waals surface area contributed by atoms with E-state index in [2.05, 4.69) is 17.6 Å². The summed E-state index contributed by atoms with van der Waals surface area (Å²) in [6, 6.07) is 0.579. The molecule has 2 N–H and O–H groups in total. The topological polar surface area (TPSA) is 93.7 Å². The van der Waals surface area contributed by atoms with E-state index >= 15 is 0 Å². The summed E-state index contributed by atoms with van der Waals surface area (Å²) in [4.78, 5) is 35.4. The second kappa shape index (κ2) is 23.9. The van der Waals surface area contributed by atoms with Crippen molar-refractivity contribution in [1.82, 2.24) is 10.6 Å². The van der Waals surface area contributed by atoms with Crippen LogP contribution in [0, 0.1) is 5.41 Å². The Bertz CT molecular complexity index is 744. The lowest BCUT2D eigenvalue weighted by molar-refractivity contribution is -0.128. The van der Waals surface area contributed by atoms with Gasteiger partial charge < -0.3 is 20.1 Å². The molecule has 2 amide bonds. The highest BCUT2D eigenvalue weighted by Gasteiger charge is 2.53. The van der Waals surface area contributed by atoms with Gasteiger partial charge in [-0.1, -0.05) is 110 Å². The number of unbranched alkanes of at least 4 members (excludes halogenated alkanes) is 16. The van der Waals surface area contributed by atoms with Gasteiger partial charge >= 0.3 is 0 Å². The van der Waals surface area contributed by atoms with Crippen LogP contribution in [0.1, 0.15) is 168 Å². The average Bonchev–Trinajstić information content (AvgIpc) is 2.93. The van der Waals surface area contributed by atoms with E-state index < -0.39 is 0 Å². The zero-order chi connectivity index (χ0) is 31.0. The SMILES string of the molecule is CCCCCCCCCCCCCCCCCCCC(=O)NC1CC2(C1)CC(NC(=O)CCOCCOCCC(C)=O)C2. The van der Waals surface area contributed by atoms with Crippen LogP contribution >= 0.6 is 0 Å². The largest absolute Gasteiger partial charge is 0.379 e. The summed E-state index contributed by atoms with van der Waals surface area (Å²) in [6.45, 7) is 5.51. The molecule has 250 valence electrons. The van der Waals surface area contributed by atoms with Crippen molar-refractivity contribution in [3.63, 3.8) is 0 Å². The lowest BCUT2D eigenvalue weighted by atomic mass is 9.52. The van der Waals surface area contributed by atoms with Crippen LogP contribution in [0.2, 0.25) is 0 Å². The molecule has 43 heavy (non-hydrogen) atoms. The van der Waals surface area contributed by atoms with E-state index in [0.29, 0.717) is 57.1 Å². The number of hydrogen-bond donors (Lipinski definition) is 2. The van der Waals surface area contributed by atoms with Crippen molar-refractivity contribution in [3.05, 3.63) is 0 Å². The molecule has 0 aromatic rings. The zero-order valence-corrected chi connectivity index (χ0v) is 28.0. The van der Waals surface area contributed by atoms with Gasteiger partial charge in [0, 0.05) is 31.3 Å². The Hall–Kier alpha value is -1.47. The Labute approximate surface area is 263 Å². The first-order chi connectivity index (χ1) is 20.9. The molecule has 2 saturated carbocycles. The third-order valence-corrected chi connectivity index (χ3v) is 9.40. The highest BCUT2D eigenvalue weighted by Crippen LogP contribution is 2.55. The number of hydrogen-bond acceptors (Lipinski definition) is 5. The Balaban J connectivity index is 1.30. The monoisotopic (exact) mass is 606 g/mol. The molecule has 2 aliphatic rings. The van der Waals surface area contributed by atoms with E-state index in [1.165, 1.54) is 103 Å². The minimum atomic E-state index is 0.0376. The maximum Gasteiger partial charge on any atom is 0.222 e. The van der Waals surface area contributed by atoms with Crippen LogP contribution in [0.25, 0.3) is 0 Å². The predicted molar refractivity (Wildman–Crippen MR) is 175 cm³/mol. The molecule has 0 atom stereocenters. The molecule has 0 heterocycles. The van der Waals surface area contributed by atoms with Crippen molar-refractivity contribution in [2.24, 2.45) is 5.41 Å². The summed E-state index contributed by atoms with van der Waals surface area (Å²) in [5.41, 5.74) is 0.331. The fourth-order valence-corrected chi connectivity index (χ4v) is 6.82. The second-order valence-electron chi connectivity index (χ2n) is 13.7. The van der Waals surface area contributed by atoms with Crippen molar-refractivity contribution in [2.45, 2.75) is 180 Å². The fourth-order valence-electron chi connectivity index (χ4n) is 6.82. The van der Waals surface area contributed by atoms with Crippen molar-refractivity contribution >= 4 is 17.6 Å². The summed E-state index contributed by atoms with van der Waals surface area (Å²) in [6.07, 6.45) is 28.6. The van der Waals surface area contributed by atoms with Crippen molar-refractivity contribution in [2.75, 3.05) is 26.4 Å². The molecule has 7 heteroatoms. The summed E-state index contributed by atoms with van der Waals surface area (Å²) < 4.78 is 10.8. The number of carbonyl (C=O) groups is 3. The highest BCUT2D eigenvalue weighted by molar-refractivity contribution is 5.77. The Morgan fingerprint density at radius 2 is 0.907 bits per heavy atom. The first-order valence-electron chi connectivity index (χ1n) is 18.2. The predicted octanol–water partition coefficient (Wildman–Crippen LogP) is 7.97. The van der Waals surface area contributed by atoms with Gasteiger partial charge in [-0.25, -0.2) is 0 Å². The number of Topliss-reactive ketones (excluding diaryl/α,β-unsaturated/α-hetero) is 1. The first kappa shape index (κ1) is 37.7. The highest BCUT2D eigenvalue weighted by atomic mass is 16.5. The van der Waals surface area contributed by atoms with Gasteiger partial charge in [0.1, 0.15) is 5.78 Å². The Morgan fingerprint density at radius 3 is 1.33 bits per heavy atom. The van der Waals surface area contributed by atoms with Gasteiger partial charge in [0.25, 0.3) is 0 Å². The van der Waals surface area contributed by atoms with Crippen LogP contribution in [-0.4, -0.2) is 56.1 Å². The molecule has 0 bridgehead atoms. The summed E-state index contributed by atoms with van der Waals surface area (Å²) >= 11 is 0. The van der Waals surface area contributed by atoms with Crippen molar-refractivity contribution in [1.29, 1.82) is 0 Å². The van der Waals surface area contributed by atoms with Crippen LogP contribution in [-0.2, 0) is 23.9 Å². The van der Waals surface area contributed by atoms with Gasteiger partial charge in [0.05, 0.1) is 26.4 Å². The molecule has 2 rings (SSSR count). The number of carbonyl (C=O) groups excluding carboxylic acids is 3. The molecule has 1 spiro atoms. The molecule has 0 aromatic carbocycles. The smallest absolute Gasteiger partial charge is 0.222 e.